The van der Waals surface area contributed by atoms with Gasteiger partial charge in [0.25, 0.3) is 5.91 Å². The Morgan fingerprint density at radius 3 is 2.35 bits per heavy atom. The third-order valence-electron chi connectivity index (χ3n) is 8.39. The standard InChI is InChI=1S/C34H45F3N4O4S/c1-4-40(5-2)30-20-27(21-31(24(30)3)41-16-9-10-17-46(41,44)45)33(43)39-29(19-25-12-7-6-8-13-25)32(42)23-38-22-26-14-11-15-28(18-26)34(35,36)37/h6-8,11-15,18,20-21,29,32,38,42,44-45H,4-5,9-10,16-17,19,22-23H2,1-3H3,(H,39,43)/t29-,32+/m0/s1. The number of hydrogen-bond acceptors (Lipinski definition) is 7. The van der Waals surface area contributed by atoms with E-state index in [0.29, 0.717) is 49.3 Å². The van der Waals surface area contributed by atoms with Gasteiger partial charge in [0.05, 0.1) is 29.1 Å². The molecular formula is C34H45F3N4O4S. The van der Waals surface area contributed by atoms with Crippen LogP contribution in [0.1, 0.15) is 59.3 Å². The maximum atomic E-state index is 13.9. The molecule has 2 atom stereocenters. The molecule has 5 N–H and O–H groups in total. The molecule has 0 aromatic heterocycles. The van der Waals surface area contributed by atoms with E-state index in [9.17, 15) is 32.2 Å². The first-order chi connectivity index (χ1) is 21.8. The monoisotopic (exact) mass is 662 g/mol. The Morgan fingerprint density at radius 2 is 1.70 bits per heavy atom. The number of carbonyl (C=O) groups is 1. The highest BCUT2D eigenvalue weighted by atomic mass is 32.3. The molecule has 12 heteroatoms. The summed E-state index contributed by atoms with van der Waals surface area (Å²) in [5, 5.41) is 17.3. The van der Waals surface area contributed by atoms with Gasteiger partial charge >= 0.3 is 6.18 Å². The lowest BCUT2D eigenvalue weighted by Crippen LogP contribution is -2.48. The Kier molecular flexibility index (Phi) is 12.0. The molecule has 0 saturated carbocycles. The van der Waals surface area contributed by atoms with E-state index in [1.807, 2.05) is 51.1 Å². The second-order valence-corrected chi connectivity index (χ2v) is 13.7. The van der Waals surface area contributed by atoms with E-state index in [-0.39, 0.29) is 18.8 Å². The second-order valence-electron chi connectivity index (χ2n) is 11.6. The number of carbonyl (C=O) groups excluding carboxylic acids is 1. The first-order valence-electron chi connectivity index (χ1n) is 15.7. The predicted molar refractivity (Wildman–Crippen MR) is 180 cm³/mol. The van der Waals surface area contributed by atoms with Crippen molar-refractivity contribution in [2.24, 2.45) is 0 Å². The lowest BCUT2D eigenvalue weighted by Gasteiger charge is -2.48. The molecule has 1 aliphatic heterocycles. The van der Waals surface area contributed by atoms with E-state index in [0.717, 1.165) is 35.4 Å². The Balaban J connectivity index is 1.59. The van der Waals surface area contributed by atoms with Crippen LogP contribution in [0.15, 0.2) is 66.7 Å². The Bertz CT molecular complexity index is 1450. The molecule has 0 spiro atoms. The molecule has 46 heavy (non-hydrogen) atoms. The third kappa shape index (κ3) is 8.95. The van der Waals surface area contributed by atoms with Crippen LogP contribution < -0.4 is 19.8 Å². The summed E-state index contributed by atoms with van der Waals surface area (Å²) in [5.41, 5.74) is 3.15. The number of amides is 1. The molecule has 0 aliphatic carbocycles. The molecular weight excluding hydrogens is 617 g/mol. The molecule has 252 valence electrons. The SMILES string of the molecule is CCN(CC)c1cc(C(=O)N[C@@H](Cc2ccccc2)[C@H](O)CNCc2cccc(C(F)(F)F)c2)cc(N2CCCCS2(O)O)c1C. The molecule has 0 unspecified atom stereocenters. The summed E-state index contributed by atoms with van der Waals surface area (Å²) < 4.78 is 63.0. The van der Waals surface area contributed by atoms with Gasteiger partial charge in [-0.3, -0.25) is 18.2 Å². The Morgan fingerprint density at radius 1 is 1.00 bits per heavy atom. The van der Waals surface area contributed by atoms with Gasteiger partial charge in [0, 0.05) is 44.0 Å². The minimum Gasteiger partial charge on any atom is -0.390 e. The van der Waals surface area contributed by atoms with Crippen LogP contribution in [-0.4, -0.2) is 64.2 Å². The number of alkyl halides is 3. The number of hydrogen-bond donors (Lipinski definition) is 5. The van der Waals surface area contributed by atoms with Gasteiger partial charge in [-0.1, -0.05) is 48.5 Å². The van der Waals surface area contributed by atoms with Gasteiger partial charge in [-0.25, -0.2) is 0 Å². The van der Waals surface area contributed by atoms with E-state index in [4.69, 9.17) is 0 Å². The quantitative estimate of drug-likeness (QED) is 0.140. The lowest BCUT2D eigenvalue weighted by atomic mass is 9.99. The van der Waals surface area contributed by atoms with Crippen molar-refractivity contribution in [1.29, 1.82) is 0 Å². The number of benzene rings is 3. The number of halogens is 3. The average Bonchev–Trinajstić information content (AvgIpc) is 3.02. The summed E-state index contributed by atoms with van der Waals surface area (Å²) in [6, 6.07) is 17.2. The van der Waals surface area contributed by atoms with Crippen LogP contribution >= 0.6 is 10.8 Å². The van der Waals surface area contributed by atoms with Crippen LogP contribution in [0.5, 0.6) is 0 Å². The number of rotatable bonds is 13. The van der Waals surface area contributed by atoms with E-state index >= 15 is 0 Å². The summed E-state index contributed by atoms with van der Waals surface area (Å²) in [5.74, 6) is -0.163. The van der Waals surface area contributed by atoms with E-state index in [2.05, 4.69) is 15.5 Å². The van der Waals surface area contributed by atoms with Crippen molar-refractivity contribution in [3.63, 3.8) is 0 Å². The molecule has 3 aromatic rings. The van der Waals surface area contributed by atoms with Crippen molar-refractivity contribution in [2.75, 3.05) is 41.1 Å². The highest BCUT2D eigenvalue weighted by Crippen LogP contribution is 2.51. The van der Waals surface area contributed by atoms with Crippen LogP contribution in [0.4, 0.5) is 24.5 Å². The Hall–Kier alpha value is -3.29. The molecule has 1 heterocycles. The molecule has 1 aliphatic rings. The lowest BCUT2D eigenvalue weighted by molar-refractivity contribution is -0.137. The van der Waals surface area contributed by atoms with E-state index in [1.54, 1.807) is 22.5 Å². The van der Waals surface area contributed by atoms with Gasteiger partial charge in [-0.05, 0) is 74.9 Å². The molecule has 1 saturated heterocycles. The van der Waals surface area contributed by atoms with Gasteiger partial charge in [-0.2, -0.15) is 13.2 Å². The molecule has 1 amide bonds. The normalized spacial score (nSPS) is 16.8. The molecule has 4 rings (SSSR count). The van der Waals surface area contributed by atoms with Crippen LogP contribution in [-0.2, 0) is 19.1 Å². The summed E-state index contributed by atoms with van der Waals surface area (Å²) in [4.78, 5) is 16.0. The molecule has 0 radical (unpaired) electrons. The van der Waals surface area contributed by atoms with E-state index < -0.39 is 40.6 Å². The van der Waals surface area contributed by atoms with Crippen LogP contribution in [0.2, 0.25) is 0 Å². The molecule has 3 aromatic carbocycles. The fourth-order valence-corrected chi connectivity index (χ4v) is 7.56. The minimum atomic E-state index is -4.45. The van der Waals surface area contributed by atoms with Crippen molar-refractivity contribution in [3.8, 4) is 0 Å². The van der Waals surface area contributed by atoms with Gasteiger partial charge in [-0.15, -0.1) is 10.8 Å². The number of aliphatic hydroxyl groups is 1. The number of nitrogens with one attached hydrogen (secondary N) is 2. The van der Waals surface area contributed by atoms with Gasteiger partial charge < -0.3 is 20.6 Å². The van der Waals surface area contributed by atoms with Crippen molar-refractivity contribution >= 4 is 28.1 Å². The zero-order chi connectivity index (χ0) is 33.5. The number of anilines is 2. The maximum Gasteiger partial charge on any atom is 0.416 e. The van der Waals surface area contributed by atoms with Crippen LogP contribution in [0.3, 0.4) is 0 Å². The van der Waals surface area contributed by atoms with Crippen molar-refractivity contribution < 1.29 is 32.2 Å². The molecule has 1 fully saturated rings. The zero-order valence-corrected chi connectivity index (χ0v) is 27.4. The second kappa shape index (κ2) is 15.5. The smallest absolute Gasteiger partial charge is 0.390 e. The first kappa shape index (κ1) is 35.6. The maximum absolute atomic E-state index is 13.9. The van der Waals surface area contributed by atoms with Gasteiger partial charge in [0.2, 0.25) is 0 Å². The third-order valence-corrected chi connectivity index (χ3v) is 10.3. The largest absolute Gasteiger partial charge is 0.416 e. The fourth-order valence-electron chi connectivity index (χ4n) is 5.82. The highest BCUT2D eigenvalue weighted by Gasteiger charge is 2.32. The van der Waals surface area contributed by atoms with Crippen LogP contribution in [0.25, 0.3) is 0 Å². The molecule has 8 nitrogen and oxygen atoms in total. The van der Waals surface area contributed by atoms with Crippen molar-refractivity contribution in [3.05, 3.63) is 94.5 Å². The summed E-state index contributed by atoms with van der Waals surface area (Å²) in [6.07, 6.45) is -3.70. The summed E-state index contributed by atoms with van der Waals surface area (Å²) in [6.45, 7) is 7.91. The van der Waals surface area contributed by atoms with Crippen molar-refractivity contribution in [2.45, 2.75) is 64.9 Å². The van der Waals surface area contributed by atoms with Crippen molar-refractivity contribution in [1.82, 2.24) is 10.6 Å². The molecule has 0 bridgehead atoms. The zero-order valence-electron chi connectivity index (χ0n) is 26.6. The highest BCUT2D eigenvalue weighted by molar-refractivity contribution is 8.25. The predicted octanol–water partition coefficient (Wildman–Crippen LogP) is 6.62. The topological polar surface area (TPSA) is 108 Å². The van der Waals surface area contributed by atoms with Crippen LogP contribution in [0, 0.1) is 6.92 Å². The minimum absolute atomic E-state index is 0.0204. The Labute approximate surface area is 271 Å². The summed E-state index contributed by atoms with van der Waals surface area (Å²) in [7, 11) is -3.05. The summed E-state index contributed by atoms with van der Waals surface area (Å²) >= 11 is 0. The fraction of sp³-hybridized carbons (Fsp3) is 0.441. The number of nitrogens with zero attached hydrogens (tertiary/aromatic N) is 2. The van der Waals surface area contributed by atoms with Gasteiger partial charge in [0.1, 0.15) is 0 Å². The van der Waals surface area contributed by atoms with Gasteiger partial charge in [0.15, 0.2) is 0 Å². The number of aliphatic hydroxyl groups excluding tert-OH is 1. The average molecular weight is 663 g/mol. The van der Waals surface area contributed by atoms with E-state index in [1.165, 1.54) is 6.07 Å². The first-order valence-corrected chi connectivity index (χ1v) is 17.3.